The molecular weight excluding hydrogens is 112 g/mol. The van der Waals surface area contributed by atoms with E-state index < -0.39 is 0 Å². The first-order chi connectivity index (χ1) is 4.36. The fourth-order valence-corrected chi connectivity index (χ4v) is 2.35. The molecule has 1 nitrogen and oxygen atoms in total. The van der Waals surface area contributed by atoms with Gasteiger partial charge in [-0.2, -0.15) is 0 Å². The van der Waals surface area contributed by atoms with Crippen LogP contribution in [-0.2, 0) is 5.11 Å². The molecule has 51 valence electrons. The van der Waals surface area contributed by atoms with Crippen molar-refractivity contribution >= 4 is 0 Å². The quantitative estimate of drug-likeness (QED) is 0.472. The molecule has 9 heavy (non-hydrogen) atoms. The van der Waals surface area contributed by atoms with E-state index >= 15 is 0 Å². The molecule has 2 saturated carbocycles. The van der Waals surface area contributed by atoms with E-state index in [0.717, 1.165) is 12.3 Å². The third-order valence-electron chi connectivity index (χ3n) is 2.97. The molecule has 3 unspecified atom stereocenters. The Balaban J connectivity index is 2.05. The van der Waals surface area contributed by atoms with Crippen LogP contribution in [0, 0.1) is 11.8 Å². The van der Waals surface area contributed by atoms with Gasteiger partial charge in [0.15, 0.2) is 0 Å². The molecule has 2 fully saturated rings. The Bertz CT molecular complexity index is 111. The average molecular weight is 125 g/mol. The lowest BCUT2D eigenvalue weighted by Crippen LogP contribution is -2.20. The summed E-state index contributed by atoms with van der Waals surface area (Å²) in [6.45, 7) is 0. The summed E-state index contributed by atoms with van der Waals surface area (Å²) in [4.78, 5) is 0. The lowest BCUT2D eigenvalue weighted by molar-refractivity contribution is 0.0140. The summed E-state index contributed by atoms with van der Waals surface area (Å²) in [5.74, 6) is 1.52. The first-order valence-electron chi connectivity index (χ1n) is 4.02. The van der Waals surface area contributed by atoms with Gasteiger partial charge in [-0.1, -0.05) is 6.42 Å². The standard InChI is InChI=1S/C8H13O/c9-8-4-2-6-1-3-7(8)5-6/h6-8H,1-5H2. The average Bonchev–Trinajstić information content (AvgIpc) is 2.25. The van der Waals surface area contributed by atoms with E-state index in [0.29, 0.717) is 5.92 Å². The molecule has 3 atom stereocenters. The lowest BCUT2D eigenvalue weighted by Gasteiger charge is -2.21. The van der Waals surface area contributed by atoms with Gasteiger partial charge >= 0.3 is 0 Å². The van der Waals surface area contributed by atoms with Gasteiger partial charge in [0, 0.05) is 0 Å². The molecular formula is C8H13O. The Kier molecular flexibility index (Phi) is 1.26. The van der Waals surface area contributed by atoms with Gasteiger partial charge in [-0.25, -0.2) is 5.11 Å². The van der Waals surface area contributed by atoms with Crippen LogP contribution in [0.4, 0.5) is 0 Å². The van der Waals surface area contributed by atoms with Crippen LogP contribution in [0.15, 0.2) is 0 Å². The van der Waals surface area contributed by atoms with Crippen molar-refractivity contribution in [3.8, 4) is 0 Å². The van der Waals surface area contributed by atoms with E-state index in [9.17, 15) is 5.11 Å². The molecule has 2 bridgehead atoms. The maximum atomic E-state index is 11.1. The monoisotopic (exact) mass is 125 g/mol. The summed E-state index contributed by atoms with van der Waals surface area (Å²) in [6.07, 6.45) is 5.85. The second-order valence-electron chi connectivity index (χ2n) is 3.55. The van der Waals surface area contributed by atoms with E-state index in [1.165, 1.54) is 25.7 Å². The minimum absolute atomic E-state index is 0.191. The van der Waals surface area contributed by atoms with Gasteiger partial charge < -0.3 is 0 Å². The molecule has 0 N–H and O–H groups in total. The topological polar surface area (TPSA) is 19.9 Å². The van der Waals surface area contributed by atoms with Crippen LogP contribution in [0.1, 0.15) is 32.1 Å². The van der Waals surface area contributed by atoms with Gasteiger partial charge in [0.2, 0.25) is 0 Å². The number of rotatable bonds is 0. The van der Waals surface area contributed by atoms with Gasteiger partial charge in [0.25, 0.3) is 0 Å². The fourth-order valence-electron chi connectivity index (χ4n) is 2.35. The molecule has 0 spiro atoms. The molecule has 1 heteroatoms. The van der Waals surface area contributed by atoms with Gasteiger partial charge in [0.1, 0.15) is 0 Å². The van der Waals surface area contributed by atoms with Crippen molar-refractivity contribution in [3.05, 3.63) is 0 Å². The predicted octanol–water partition coefficient (Wildman–Crippen LogP) is 2.00. The van der Waals surface area contributed by atoms with Gasteiger partial charge in [0.05, 0.1) is 6.10 Å². The second-order valence-corrected chi connectivity index (χ2v) is 3.55. The Labute approximate surface area is 56.1 Å². The zero-order chi connectivity index (χ0) is 6.27. The molecule has 1 radical (unpaired) electrons. The Morgan fingerprint density at radius 3 is 2.56 bits per heavy atom. The van der Waals surface area contributed by atoms with Crippen LogP contribution in [0.3, 0.4) is 0 Å². The third-order valence-corrected chi connectivity index (χ3v) is 2.97. The minimum Gasteiger partial charge on any atom is -0.233 e. The van der Waals surface area contributed by atoms with Crippen LogP contribution >= 0.6 is 0 Å². The predicted molar refractivity (Wildman–Crippen MR) is 34.5 cm³/mol. The Morgan fingerprint density at radius 1 is 1.00 bits per heavy atom. The SMILES string of the molecule is [O]C1CCC2CCC1C2. The first kappa shape index (κ1) is 5.72. The Hall–Kier alpha value is -0.0400. The van der Waals surface area contributed by atoms with Crippen molar-refractivity contribution in [2.24, 2.45) is 11.8 Å². The number of hydrogen-bond acceptors (Lipinski definition) is 0. The molecule has 2 aliphatic carbocycles. The zero-order valence-electron chi connectivity index (χ0n) is 5.68. The van der Waals surface area contributed by atoms with E-state index in [4.69, 9.17) is 0 Å². The molecule has 0 aromatic heterocycles. The molecule has 0 aromatic carbocycles. The van der Waals surface area contributed by atoms with Crippen LogP contribution in [0.5, 0.6) is 0 Å². The van der Waals surface area contributed by atoms with Gasteiger partial charge in [-0.05, 0) is 37.5 Å². The smallest absolute Gasteiger partial charge is 0.0958 e. The van der Waals surface area contributed by atoms with E-state index in [1.807, 2.05) is 0 Å². The molecule has 0 aromatic rings. The molecule has 0 aliphatic heterocycles. The first-order valence-corrected chi connectivity index (χ1v) is 4.02. The number of hydrogen-bond donors (Lipinski definition) is 0. The minimum atomic E-state index is -0.191. The van der Waals surface area contributed by atoms with Crippen molar-refractivity contribution in [2.75, 3.05) is 0 Å². The zero-order valence-corrected chi connectivity index (χ0v) is 5.68. The highest BCUT2D eigenvalue weighted by Crippen LogP contribution is 2.41. The van der Waals surface area contributed by atoms with Crippen molar-refractivity contribution in [1.29, 1.82) is 0 Å². The summed E-state index contributed by atoms with van der Waals surface area (Å²) in [7, 11) is 0. The highest BCUT2D eigenvalue weighted by atomic mass is 16.3. The van der Waals surface area contributed by atoms with Crippen LogP contribution in [0.25, 0.3) is 0 Å². The lowest BCUT2D eigenvalue weighted by atomic mass is 9.87. The summed E-state index contributed by atoms with van der Waals surface area (Å²) >= 11 is 0. The normalized spacial score (nSPS) is 49.7. The summed E-state index contributed by atoms with van der Waals surface area (Å²) in [5.41, 5.74) is 0. The molecule has 2 rings (SSSR count). The van der Waals surface area contributed by atoms with E-state index in [-0.39, 0.29) is 6.10 Å². The third kappa shape index (κ3) is 0.877. The van der Waals surface area contributed by atoms with Crippen molar-refractivity contribution in [1.82, 2.24) is 0 Å². The van der Waals surface area contributed by atoms with Crippen LogP contribution in [-0.4, -0.2) is 6.10 Å². The van der Waals surface area contributed by atoms with E-state index in [1.54, 1.807) is 0 Å². The number of fused-ring (bicyclic) bond motifs is 2. The largest absolute Gasteiger partial charge is 0.233 e. The summed E-state index contributed by atoms with van der Waals surface area (Å²) < 4.78 is 0. The second kappa shape index (κ2) is 1.98. The van der Waals surface area contributed by atoms with Crippen LogP contribution < -0.4 is 0 Å². The van der Waals surface area contributed by atoms with Gasteiger partial charge in [-0.3, -0.25) is 0 Å². The van der Waals surface area contributed by atoms with Crippen molar-refractivity contribution < 1.29 is 5.11 Å². The highest BCUT2D eigenvalue weighted by Gasteiger charge is 2.35. The van der Waals surface area contributed by atoms with Gasteiger partial charge in [-0.15, -0.1) is 0 Å². The Morgan fingerprint density at radius 2 is 1.78 bits per heavy atom. The molecule has 0 saturated heterocycles. The maximum absolute atomic E-state index is 11.1. The van der Waals surface area contributed by atoms with E-state index in [2.05, 4.69) is 0 Å². The molecule has 0 heterocycles. The highest BCUT2D eigenvalue weighted by molar-refractivity contribution is 4.85. The summed E-state index contributed by atoms with van der Waals surface area (Å²) in [5, 5.41) is 11.1. The maximum Gasteiger partial charge on any atom is 0.0958 e. The summed E-state index contributed by atoms with van der Waals surface area (Å²) in [6, 6.07) is 0. The van der Waals surface area contributed by atoms with Crippen molar-refractivity contribution in [3.63, 3.8) is 0 Å². The molecule has 2 aliphatic rings. The van der Waals surface area contributed by atoms with Crippen LogP contribution in [0.2, 0.25) is 0 Å². The fraction of sp³-hybridized carbons (Fsp3) is 1.00. The molecule has 0 amide bonds. The van der Waals surface area contributed by atoms with Crippen molar-refractivity contribution in [2.45, 2.75) is 38.2 Å².